The second-order valence-electron chi connectivity index (χ2n) is 6.77. The van der Waals surface area contributed by atoms with Gasteiger partial charge in [0.2, 0.25) is 0 Å². The zero-order valence-corrected chi connectivity index (χ0v) is 16.9. The van der Waals surface area contributed by atoms with E-state index in [-0.39, 0.29) is 11.7 Å². The molecule has 140 valence electrons. The lowest BCUT2D eigenvalue weighted by Gasteiger charge is -2.25. The highest BCUT2D eigenvalue weighted by Gasteiger charge is 2.24. The van der Waals surface area contributed by atoms with E-state index in [0.29, 0.717) is 28.7 Å². The first-order valence-corrected chi connectivity index (χ1v) is 9.58. The zero-order chi connectivity index (χ0) is 19.4. The molecule has 0 aromatic heterocycles. The molecular weight excluding hydrogens is 407 g/mol. The smallest absolute Gasteiger partial charge is 0.128 e. The van der Waals surface area contributed by atoms with Gasteiger partial charge < -0.3 is 10.1 Å². The van der Waals surface area contributed by atoms with Gasteiger partial charge in [-0.25, -0.2) is 4.39 Å². The molecule has 1 unspecified atom stereocenters. The molecule has 2 aromatic carbocycles. The number of nitrogens with zero attached hydrogens (tertiary/aromatic N) is 2. The summed E-state index contributed by atoms with van der Waals surface area (Å²) in [5.41, 5.74) is 4.20. The fraction of sp³-hybridized carbons (Fsp3) is 0.227. The third kappa shape index (κ3) is 4.48. The Morgan fingerprint density at radius 2 is 2.04 bits per heavy atom. The van der Waals surface area contributed by atoms with E-state index < -0.39 is 0 Å². The van der Waals surface area contributed by atoms with Crippen LogP contribution in [0.2, 0.25) is 0 Å². The summed E-state index contributed by atoms with van der Waals surface area (Å²) in [6, 6.07) is 13.1. The Bertz CT molecular complexity index is 920. The quantitative estimate of drug-likeness (QED) is 0.380. The lowest BCUT2D eigenvalue weighted by Crippen LogP contribution is -2.23. The van der Waals surface area contributed by atoms with E-state index in [1.54, 1.807) is 6.07 Å². The standard InChI is InChI=1S/C22H22BrFN2O/c1-15-6-3-4-8-18(15)20(19-10-9-17(23)12-21(19)24)13-22(25-27)16-7-5-11-26(2)14-16/h3-12,20,27H,13-14H2,1-2H3/b25-22+. The lowest BCUT2D eigenvalue weighted by molar-refractivity contribution is 0.317. The number of allylic oxidation sites excluding steroid dienone is 2. The molecular formula is C22H22BrFN2O. The summed E-state index contributed by atoms with van der Waals surface area (Å²) in [5, 5.41) is 13.3. The summed E-state index contributed by atoms with van der Waals surface area (Å²) in [6.45, 7) is 2.67. The van der Waals surface area contributed by atoms with Crippen molar-refractivity contribution in [3.05, 3.63) is 93.4 Å². The maximum Gasteiger partial charge on any atom is 0.128 e. The van der Waals surface area contributed by atoms with Crippen molar-refractivity contribution in [2.45, 2.75) is 19.3 Å². The molecule has 1 N–H and O–H groups in total. The first kappa shape index (κ1) is 19.4. The van der Waals surface area contributed by atoms with E-state index in [2.05, 4.69) is 21.1 Å². The summed E-state index contributed by atoms with van der Waals surface area (Å²) in [5.74, 6) is -0.521. The maximum absolute atomic E-state index is 14.8. The van der Waals surface area contributed by atoms with Crippen molar-refractivity contribution in [2.75, 3.05) is 13.6 Å². The molecule has 1 heterocycles. The van der Waals surface area contributed by atoms with Crippen molar-refractivity contribution in [1.82, 2.24) is 4.90 Å². The summed E-state index contributed by atoms with van der Waals surface area (Å²) in [7, 11) is 1.96. The van der Waals surface area contributed by atoms with Gasteiger partial charge in [0.25, 0.3) is 0 Å². The van der Waals surface area contributed by atoms with Gasteiger partial charge in [0.15, 0.2) is 0 Å². The highest BCUT2D eigenvalue weighted by Crippen LogP contribution is 2.34. The minimum absolute atomic E-state index is 0.248. The van der Waals surface area contributed by atoms with Crippen LogP contribution in [0.5, 0.6) is 0 Å². The first-order valence-electron chi connectivity index (χ1n) is 8.79. The maximum atomic E-state index is 14.8. The molecule has 0 aliphatic carbocycles. The Balaban J connectivity index is 2.03. The molecule has 0 saturated carbocycles. The molecule has 27 heavy (non-hydrogen) atoms. The SMILES string of the molecule is Cc1ccccc1C(C/C(=N\O)C1=CC=CN(C)C1)c1ccc(Br)cc1F. The van der Waals surface area contributed by atoms with Gasteiger partial charge in [0.05, 0.1) is 5.71 Å². The Morgan fingerprint density at radius 3 is 2.70 bits per heavy atom. The molecule has 0 fully saturated rings. The van der Waals surface area contributed by atoms with Crippen LogP contribution >= 0.6 is 15.9 Å². The predicted octanol–water partition coefficient (Wildman–Crippen LogP) is 5.63. The van der Waals surface area contributed by atoms with Crippen molar-refractivity contribution in [1.29, 1.82) is 0 Å². The van der Waals surface area contributed by atoms with Crippen LogP contribution in [-0.4, -0.2) is 29.4 Å². The van der Waals surface area contributed by atoms with Gasteiger partial charge in [-0.1, -0.05) is 57.5 Å². The third-order valence-corrected chi connectivity index (χ3v) is 5.34. The Kier molecular flexibility index (Phi) is 6.11. The van der Waals surface area contributed by atoms with Crippen molar-refractivity contribution in [3.8, 4) is 0 Å². The van der Waals surface area contributed by atoms with Crippen LogP contribution in [0.1, 0.15) is 29.0 Å². The summed E-state index contributed by atoms with van der Waals surface area (Å²) >= 11 is 3.32. The van der Waals surface area contributed by atoms with E-state index in [1.165, 1.54) is 6.07 Å². The fourth-order valence-corrected chi connectivity index (χ4v) is 3.78. The normalized spacial score (nSPS) is 15.6. The van der Waals surface area contributed by atoms with Gasteiger partial charge in [-0.2, -0.15) is 0 Å². The van der Waals surface area contributed by atoms with Gasteiger partial charge >= 0.3 is 0 Å². The number of halogens is 2. The first-order chi connectivity index (χ1) is 13.0. The molecule has 2 aromatic rings. The van der Waals surface area contributed by atoms with E-state index in [9.17, 15) is 9.60 Å². The van der Waals surface area contributed by atoms with Crippen molar-refractivity contribution >= 4 is 21.6 Å². The number of benzene rings is 2. The molecule has 3 rings (SSSR count). The molecule has 1 aliphatic heterocycles. The molecule has 5 heteroatoms. The number of likely N-dealkylation sites (N-methyl/N-ethyl adjacent to an activating group) is 1. The Hall–Kier alpha value is -2.40. The minimum atomic E-state index is -0.274. The van der Waals surface area contributed by atoms with Crippen LogP contribution in [-0.2, 0) is 0 Å². The monoisotopic (exact) mass is 428 g/mol. The second-order valence-corrected chi connectivity index (χ2v) is 7.69. The van der Waals surface area contributed by atoms with Crippen molar-refractivity contribution in [3.63, 3.8) is 0 Å². The summed E-state index contributed by atoms with van der Waals surface area (Å²) in [4.78, 5) is 2.02. The molecule has 0 bridgehead atoms. The minimum Gasteiger partial charge on any atom is -0.411 e. The van der Waals surface area contributed by atoms with Gasteiger partial charge in [-0.3, -0.25) is 0 Å². The Morgan fingerprint density at radius 1 is 1.26 bits per heavy atom. The molecule has 0 spiro atoms. The highest BCUT2D eigenvalue weighted by atomic mass is 79.9. The van der Waals surface area contributed by atoms with Gasteiger partial charge in [0, 0.05) is 30.4 Å². The predicted molar refractivity (Wildman–Crippen MR) is 111 cm³/mol. The molecule has 3 nitrogen and oxygen atoms in total. The average molecular weight is 429 g/mol. The van der Waals surface area contributed by atoms with Crippen molar-refractivity contribution < 1.29 is 9.60 Å². The van der Waals surface area contributed by atoms with E-state index in [4.69, 9.17) is 0 Å². The summed E-state index contributed by atoms with van der Waals surface area (Å²) < 4.78 is 15.5. The van der Waals surface area contributed by atoms with Gasteiger partial charge in [-0.15, -0.1) is 0 Å². The van der Waals surface area contributed by atoms with Crippen molar-refractivity contribution in [2.24, 2.45) is 5.16 Å². The van der Waals surface area contributed by atoms with Crippen LogP contribution in [0.3, 0.4) is 0 Å². The molecule has 1 aliphatic rings. The fourth-order valence-electron chi connectivity index (χ4n) is 3.45. The molecule has 0 radical (unpaired) electrons. The number of rotatable bonds is 5. The average Bonchev–Trinajstić information content (AvgIpc) is 2.64. The highest BCUT2D eigenvalue weighted by molar-refractivity contribution is 9.10. The molecule has 0 saturated heterocycles. The number of hydrogen-bond donors (Lipinski definition) is 1. The summed E-state index contributed by atoms with van der Waals surface area (Å²) in [6.07, 6.45) is 6.24. The van der Waals surface area contributed by atoms with E-state index in [0.717, 1.165) is 16.7 Å². The second kappa shape index (κ2) is 8.53. The van der Waals surface area contributed by atoms with Gasteiger partial charge in [0.1, 0.15) is 5.82 Å². The van der Waals surface area contributed by atoms with Gasteiger partial charge in [-0.05, 0) is 53.6 Å². The van der Waals surface area contributed by atoms with Crippen LogP contribution in [0.15, 0.2) is 76.0 Å². The Labute approximate surface area is 167 Å². The molecule has 1 atom stereocenters. The zero-order valence-electron chi connectivity index (χ0n) is 15.4. The lowest BCUT2D eigenvalue weighted by atomic mass is 9.83. The third-order valence-electron chi connectivity index (χ3n) is 4.85. The van der Waals surface area contributed by atoms with Crippen LogP contribution in [0.25, 0.3) is 0 Å². The topological polar surface area (TPSA) is 35.8 Å². The molecule has 0 amide bonds. The van der Waals surface area contributed by atoms with Crippen LogP contribution < -0.4 is 0 Å². The largest absolute Gasteiger partial charge is 0.411 e. The number of hydrogen-bond acceptors (Lipinski definition) is 3. The number of aryl methyl sites for hydroxylation is 1. The van der Waals surface area contributed by atoms with E-state index in [1.807, 2.05) is 67.6 Å². The number of oxime groups is 1. The van der Waals surface area contributed by atoms with Crippen LogP contribution in [0, 0.1) is 12.7 Å². The van der Waals surface area contributed by atoms with E-state index >= 15 is 0 Å². The van der Waals surface area contributed by atoms with Crippen LogP contribution in [0.4, 0.5) is 4.39 Å².